The number of anilines is 1. The van der Waals surface area contributed by atoms with E-state index in [4.69, 9.17) is 21.1 Å². The van der Waals surface area contributed by atoms with E-state index in [1.807, 2.05) is 19.1 Å². The van der Waals surface area contributed by atoms with Gasteiger partial charge in [0.15, 0.2) is 23.9 Å². The van der Waals surface area contributed by atoms with Crippen LogP contribution in [-0.4, -0.2) is 48.0 Å². The predicted octanol–water partition coefficient (Wildman–Crippen LogP) is 5.59. The Morgan fingerprint density at radius 1 is 1.00 bits per heavy atom. The average Bonchev–Trinajstić information content (AvgIpc) is 3.16. The molecule has 4 rings (SSSR count). The monoisotopic (exact) mass is 550 g/mol. The fraction of sp³-hybridized carbons (Fsp3) is 0.143. The number of nitrogens with one attached hydrogen (secondary N) is 1. The van der Waals surface area contributed by atoms with Crippen LogP contribution < -0.4 is 14.8 Å². The van der Waals surface area contributed by atoms with Crippen molar-refractivity contribution in [2.24, 2.45) is 0 Å². The van der Waals surface area contributed by atoms with E-state index in [-0.39, 0.29) is 29.7 Å². The van der Waals surface area contributed by atoms with Crippen molar-refractivity contribution >= 4 is 58.0 Å². The first kappa shape index (κ1) is 27.0. The third-order valence-electron chi connectivity index (χ3n) is 5.52. The van der Waals surface area contributed by atoms with E-state index >= 15 is 0 Å². The molecular weight excluding hydrogens is 528 g/mol. The third-order valence-corrected chi connectivity index (χ3v) is 6.68. The molecule has 1 saturated heterocycles. The summed E-state index contributed by atoms with van der Waals surface area (Å²) in [7, 11) is 1.45. The van der Waals surface area contributed by atoms with E-state index in [1.165, 1.54) is 13.2 Å². The Balaban J connectivity index is 1.40. The molecule has 0 aliphatic carbocycles. The molecule has 38 heavy (non-hydrogen) atoms. The zero-order valence-electron chi connectivity index (χ0n) is 20.5. The summed E-state index contributed by atoms with van der Waals surface area (Å²) in [5, 5.41) is 2.70. The molecule has 0 saturated carbocycles. The second-order valence-corrected chi connectivity index (χ2v) is 9.74. The second-order valence-electron chi connectivity index (χ2n) is 8.31. The molecule has 1 N–H and O–H groups in total. The number of carbonyl (C=O) groups excluding carboxylic acids is 4. The van der Waals surface area contributed by atoms with Crippen LogP contribution in [0, 0.1) is 6.92 Å². The molecule has 3 amide bonds. The van der Waals surface area contributed by atoms with Crippen molar-refractivity contribution in [3.8, 4) is 11.5 Å². The number of halogens is 1. The molecule has 8 nitrogen and oxygen atoms in total. The van der Waals surface area contributed by atoms with Gasteiger partial charge < -0.3 is 14.8 Å². The largest absolute Gasteiger partial charge is 0.493 e. The SMILES string of the molecule is COc1cc(/C=C2/SC(=O)N(CC(=O)c3ccc(Cl)cc3)C2=O)ccc1OCC(=O)Nc1ccc(C)cc1. The van der Waals surface area contributed by atoms with Crippen LogP contribution >= 0.6 is 23.4 Å². The van der Waals surface area contributed by atoms with E-state index in [9.17, 15) is 19.2 Å². The van der Waals surface area contributed by atoms with Gasteiger partial charge in [-0.1, -0.05) is 35.4 Å². The fourth-order valence-corrected chi connectivity index (χ4v) is 4.49. The van der Waals surface area contributed by atoms with Crippen LogP contribution in [0.25, 0.3) is 6.08 Å². The number of benzene rings is 3. The summed E-state index contributed by atoms with van der Waals surface area (Å²) in [6.45, 7) is 1.36. The number of hydrogen-bond acceptors (Lipinski definition) is 7. The van der Waals surface area contributed by atoms with E-state index in [1.54, 1.807) is 54.6 Å². The van der Waals surface area contributed by atoms with Crippen molar-refractivity contribution in [2.45, 2.75) is 6.92 Å². The summed E-state index contributed by atoms with van der Waals surface area (Å²) < 4.78 is 11.0. The number of nitrogens with zero attached hydrogens (tertiary/aromatic N) is 1. The van der Waals surface area contributed by atoms with Gasteiger partial charge in [-0.25, -0.2) is 0 Å². The predicted molar refractivity (Wildman–Crippen MR) is 147 cm³/mol. The lowest BCUT2D eigenvalue weighted by Gasteiger charge is -2.12. The number of ether oxygens (including phenoxy) is 2. The van der Waals surface area contributed by atoms with Crippen LogP contribution in [0.2, 0.25) is 5.02 Å². The van der Waals surface area contributed by atoms with E-state index in [2.05, 4.69) is 5.32 Å². The summed E-state index contributed by atoms with van der Waals surface area (Å²) >= 11 is 6.60. The lowest BCUT2D eigenvalue weighted by atomic mass is 10.1. The van der Waals surface area contributed by atoms with Gasteiger partial charge in [-0.05, 0) is 78.9 Å². The van der Waals surface area contributed by atoms with Crippen LogP contribution in [0.1, 0.15) is 21.5 Å². The number of amides is 3. The Morgan fingerprint density at radius 2 is 1.71 bits per heavy atom. The quantitative estimate of drug-likeness (QED) is 0.273. The van der Waals surface area contributed by atoms with Gasteiger partial charge in [-0.15, -0.1) is 0 Å². The molecule has 1 fully saturated rings. The maximum absolute atomic E-state index is 12.9. The standard InChI is InChI=1S/C28H23ClN2O6S/c1-17-3-10-21(11-4-17)30-26(33)16-37-23-12-5-18(13-24(23)36-2)14-25-27(34)31(28(35)38-25)15-22(32)19-6-8-20(29)9-7-19/h3-14H,15-16H2,1-2H3,(H,30,33)/b25-14+. The van der Waals surface area contributed by atoms with Crippen LogP contribution in [0.15, 0.2) is 71.6 Å². The number of carbonyl (C=O) groups is 4. The number of Topliss-reactive ketones (excluding diaryl/α,β-unsaturated/α-hetero) is 1. The summed E-state index contributed by atoms with van der Waals surface area (Å²) in [6, 6.07) is 18.5. The fourth-order valence-electron chi connectivity index (χ4n) is 3.53. The molecule has 3 aromatic carbocycles. The molecule has 0 unspecified atom stereocenters. The smallest absolute Gasteiger partial charge is 0.293 e. The van der Waals surface area contributed by atoms with Crippen LogP contribution in [-0.2, 0) is 9.59 Å². The molecule has 0 radical (unpaired) electrons. The Morgan fingerprint density at radius 3 is 2.39 bits per heavy atom. The first-order valence-corrected chi connectivity index (χ1v) is 12.6. The molecule has 10 heteroatoms. The normalized spacial score (nSPS) is 14.1. The van der Waals surface area contributed by atoms with Crippen molar-refractivity contribution in [1.29, 1.82) is 0 Å². The second kappa shape index (κ2) is 12.0. The molecule has 194 valence electrons. The molecule has 1 heterocycles. The van der Waals surface area contributed by atoms with Crippen LogP contribution in [0.5, 0.6) is 11.5 Å². The highest BCUT2D eigenvalue weighted by Crippen LogP contribution is 2.34. The van der Waals surface area contributed by atoms with Crippen molar-refractivity contribution in [3.05, 3.63) is 93.3 Å². The zero-order chi connectivity index (χ0) is 27.2. The summed E-state index contributed by atoms with van der Waals surface area (Å²) in [4.78, 5) is 51.2. The summed E-state index contributed by atoms with van der Waals surface area (Å²) in [6.07, 6.45) is 1.54. The number of hydrogen-bond donors (Lipinski definition) is 1. The molecule has 0 atom stereocenters. The Hall–Kier alpha value is -4.08. The Bertz CT molecular complexity index is 1420. The van der Waals surface area contributed by atoms with Crippen molar-refractivity contribution in [3.63, 3.8) is 0 Å². The average molecular weight is 551 g/mol. The minimum absolute atomic E-state index is 0.173. The van der Waals surface area contributed by atoms with Gasteiger partial charge in [0, 0.05) is 16.3 Å². The molecule has 0 aromatic heterocycles. The Labute approximate surface area is 228 Å². The van der Waals surface area contributed by atoms with Gasteiger partial charge in [-0.3, -0.25) is 24.1 Å². The minimum Gasteiger partial charge on any atom is -0.493 e. The lowest BCUT2D eigenvalue weighted by molar-refractivity contribution is -0.122. The van der Waals surface area contributed by atoms with Gasteiger partial charge in [0.1, 0.15) is 0 Å². The first-order chi connectivity index (χ1) is 18.2. The van der Waals surface area contributed by atoms with Gasteiger partial charge in [-0.2, -0.15) is 0 Å². The van der Waals surface area contributed by atoms with Crippen molar-refractivity contribution < 1.29 is 28.7 Å². The highest BCUT2D eigenvalue weighted by Gasteiger charge is 2.36. The van der Waals surface area contributed by atoms with Crippen molar-refractivity contribution in [2.75, 3.05) is 25.6 Å². The van der Waals surface area contributed by atoms with E-state index in [0.29, 0.717) is 33.3 Å². The topological polar surface area (TPSA) is 102 Å². The summed E-state index contributed by atoms with van der Waals surface area (Å²) in [5.74, 6) is -0.583. The Kier molecular flexibility index (Phi) is 8.50. The number of methoxy groups -OCH3 is 1. The molecule has 0 bridgehead atoms. The number of ketones is 1. The van der Waals surface area contributed by atoms with Crippen LogP contribution in [0.3, 0.4) is 0 Å². The molecular formula is C28H23ClN2O6S. The molecule has 1 aliphatic heterocycles. The number of imide groups is 1. The van der Waals surface area contributed by atoms with E-state index in [0.717, 1.165) is 22.2 Å². The van der Waals surface area contributed by atoms with Gasteiger partial charge in [0.2, 0.25) is 0 Å². The maximum atomic E-state index is 12.9. The molecule has 1 aliphatic rings. The number of rotatable bonds is 9. The third kappa shape index (κ3) is 6.62. The zero-order valence-corrected chi connectivity index (χ0v) is 22.1. The van der Waals surface area contributed by atoms with Gasteiger partial charge >= 0.3 is 0 Å². The molecule has 0 spiro atoms. The number of aryl methyl sites for hydroxylation is 1. The number of thioether (sulfide) groups is 1. The van der Waals surface area contributed by atoms with Gasteiger partial charge in [0.05, 0.1) is 18.6 Å². The molecule has 3 aromatic rings. The minimum atomic E-state index is -0.561. The lowest BCUT2D eigenvalue weighted by Crippen LogP contribution is -2.33. The van der Waals surface area contributed by atoms with Crippen LogP contribution in [0.4, 0.5) is 10.5 Å². The van der Waals surface area contributed by atoms with Gasteiger partial charge in [0.25, 0.3) is 17.1 Å². The summed E-state index contributed by atoms with van der Waals surface area (Å²) in [5.41, 5.74) is 2.67. The van der Waals surface area contributed by atoms with Crippen molar-refractivity contribution in [1.82, 2.24) is 4.90 Å². The maximum Gasteiger partial charge on any atom is 0.293 e. The van der Waals surface area contributed by atoms with E-state index < -0.39 is 11.1 Å². The highest BCUT2D eigenvalue weighted by atomic mass is 35.5. The highest BCUT2D eigenvalue weighted by molar-refractivity contribution is 8.18. The first-order valence-electron chi connectivity index (χ1n) is 11.4.